The highest BCUT2D eigenvalue weighted by Gasteiger charge is 2.40. The molecule has 0 saturated carbocycles. The van der Waals surface area contributed by atoms with Crippen molar-refractivity contribution in [3.8, 4) is 0 Å². The van der Waals surface area contributed by atoms with E-state index in [1.165, 1.54) is 6.92 Å². The van der Waals surface area contributed by atoms with Crippen LogP contribution >= 0.6 is 0 Å². The van der Waals surface area contributed by atoms with Crippen molar-refractivity contribution in [1.82, 2.24) is 4.90 Å². The number of aliphatic hydroxyl groups is 2. The zero-order valence-electron chi connectivity index (χ0n) is 19.3. The van der Waals surface area contributed by atoms with E-state index in [2.05, 4.69) is 17.1 Å². The predicted octanol–water partition coefficient (Wildman–Crippen LogP) is 3.39. The number of nitrogens with one attached hydrogen (secondary N) is 1. The Morgan fingerprint density at radius 2 is 1.76 bits per heavy atom. The summed E-state index contributed by atoms with van der Waals surface area (Å²) in [5.74, 6) is -0.0166. The van der Waals surface area contributed by atoms with Gasteiger partial charge in [-0.25, -0.2) is 0 Å². The van der Waals surface area contributed by atoms with Crippen molar-refractivity contribution < 1.29 is 24.5 Å². The molecular weight excluding hydrogens is 420 g/mol. The number of likely N-dealkylation sites (tertiary alicyclic amines) is 1. The van der Waals surface area contributed by atoms with E-state index in [0.29, 0.717) is 0 Å². The number of rotatable bonds is 7. The quantitative estimate of drug-likeness (QED) is 0.594. The van der Waals surface area contributed by atoms with Crippen LogP contribution in [0.5, 0.6) is 0 Å². The van der Waals surface area contributed by atoms with E-state index in [1.54, 1.807) is 0 Å². The van der Waals surface area contributed by atoms with Gasteiger partial charge >= 0.3 is 0 Å². The monoisotopic (exact) mass is 454 g/mol. The van der Waals surface area contributed by atoms with Gasteiger partial charge in [-0.05, 0) is 42.6 Å². The topological polar surface area (TPSA) is 91.3 Å². The van der Waals surface area contributed by atoms with Crippen molar-refractivity contribution in [1.29, 1.82) is 0 Å². The first-order valence-electron chi connectivity index (χ1n) is 11.7. The summed E-state index contributed by atoms with van der Waals surface area (Å²) in [5, 5.41) is 22.0. The Balaban J connectivity index is 1.58. The van der Waals surface area contributed by atoms with E-state index in [9.17, 15) is 15.0 Å². The first-order valence-corrected chi connectivity index (χ1v) is 11.7. The Hall–Kier alpha value is -2.29. The smallest absolute Gasteiger partial charge is 0.221 e. The number of benzene rings is 2. The molecule has 0 aromatic heterocycles. The molecule has 2 aromatic rings. The van der Waals surface area contributed by atoms with Crippen LogP contribution < -0.4 is 5.32 Å². The molecule has 2 saturated heterocycles. The fourth-order valence-corrected chi connectivity index (χ4v) is 4.83. The van der Waals surface area contributed by atoms with Gasteiger partial charge in [0.2, 0.25) is 5.91 Å². The van der Waals surface area contributed by atoms with E-state index in [0.717, 1.165) is 48.3 Å². The fraction of sp³-hybridized carbons (Fsp3) is 0.500. The van der Waals surface area contributed by atoms with Crippen LogP contribution in [0.3, 0.4) is 0 Å². The van der Waals surface area contributed by atoms with Crippen molar-refractivity contribution in [3.63, 3.8) is 0 Å². The molecule has 5 atom stereocenters. The minimum atomic E-state index is -0.546. The number of nitrogens with zero attached hydrogens (tertiary/aromatic N) is 1. The van der Waals surface area contributed by atoms with E-state index in [4.69, 9.17) is 9.47 Å². The Morgan fingerprint density at radius 1 is 1.06 bits per heavy atom. The summed E-state index contributed by atoms with van der Waals surface area (Å²) in [4.78, 5) is 13.7. The molecule has 0 radical (unpaired) electrons. The standard InChI is InChI=1S/C26H34N2O5/c1-17-24(14-28-13-3-4-23(28)16-30)32-26(21-9-11-22(12-10-21)27-18(2)31)33-25(17)20-7-5-19(15-29)6-8-20/h5-12,17,23-26,29-30H,3-4,13-16H2,1-2H3,(H,27,31). The Labute approximate surface area is 195 Å². The maximum absolute atomic E-state index is 11.3. The summed E-state index contributed by atoms with van der Waals surface area (Å²) in [6.45, 7) is 5.50. The molecule has 3 N–H and O–H groups in total. The molecule has 33 heavy (non-hydrogen) atoms. The third kappa shape index (κ3) is 5.62. The van der Waals surface area contributed by atoms with E-state index >= 15 is 0 Å². The van der Waals surface area contributed by atoms with Crippen molar-refractivity contribution in [3.05, 3.63) is 65.2 Å². The number of ether oxygens (including phenoxy) is 2. The maximum atomic E-state index is 11.3. The number of hydrogen-bond acceptors (Lipinski definition) is 6. The van der Waals surface area contributed by atoms with Gasteiger partial charge in [0.1, 0.15) is 0 Å². The van der Waals surface area contributed by atoms with Crippen LogP contribution in [-0.2, 0) is 20.9 Å². The zero-order valence-corrected chi connectivity index (χ0v) is 19.3. The summed E-state index contributed by atoms with van der Waals surface area (Å²) in [6.07, 6.45) is 1.30. The van der Waals surface area contributed by atoms with Crippen LogP contribution in [0, 0.1) is 5.92 Å². The van der Waals surface area contributed by atoms with Crippen molar-refractivity contribution >= 4 is 11.6 Å². The van der Waals surface area contributed by atoms with E-state index in [-0.39, 0.29) is 43.3 Å². The molecule has 2 heterocycles. The predicted molar refractivity (Wildman–Crippen MR) is 125 cm³/mol. The van der Waals surface area contributed by atoms with Crippen molar-refractivity contribution in [2.45, 2.75) is 57.8 Å². The normalized spacial score (nSPS) is 28.1. The van der Waals surface area contributed by atoms with E-state index in [1.807, 2.05) is 48.5 Å². The van der Waals surface area contributed by atoms with Crippen LogP contribution in [-0.4, -0.2) is 52.9 Å². The first kappa shape index (κ1) is 23.9. The van der Waals surface area contributed by atoms with Crippen LogP contribution in [0.2, 0.25) is 0 Å². The van der Waals surface area contributed by atoms with Gasteiger partial charge in [0, 0.05) is 36.7 Å². The molecule has 4 rings (SSSR count). The molecule has 2 fully saturated rings. The van der Waals surface area contributed by atoms with Gasteiger partial charge in [0.25, 0.3) is 0 Å². The number of amides is 1. The second-order valence-electron chi connectivity index (χ2n) is 9.10. The number of aliphatic hydroxyl groups excluding tert-OH is 2. The molecule has 1 amide bonds. The number of hydrogen-bond donors (Lipinski definition) is 3. The molecule has 2 aliphatic heterocycles. The summed E-state index contributed by atoms with van der Waals surface area (Å²) in [5.41, 5.74) is 3.53. The Morgan fingerprint density at radius 3 is 2.39 bits per heavy atom. The number of anilines is 1. The van der Waals surface area contributed by atoms with Crippen LogP contribution in [0.1, 0.15) is 55.8 Å². The van der Waals surface area contributed by atoms with Crippen LogP contribution in [0.15, 0.2) is 48.5 Å². The minimum absolute atomic E-state index is 0.00781. The van der Waals surface area contributed by atoms with Gasteiger partial charge in [0.05, 0.1) is 25.4 Å². The fourth-order valence-electron chi connectivity index (χ4n) is 4.83. The summed E-state index contributed by atoms with van der Waals surface area (Å²) >= 11 is 0. The lowest BCUT2D eigenvalue weighted by molar-refractivity contribution is -0.276. The zero-order chi connectivity index (χ0) is 23.4. The second-order valence-corrected chi connectivity index (χ2v) is 9.10. The van der Waals surface area contributed by atoms with Crippen LogP contribution in [0.4, 0.5) is 5.69 Å². The summed E-state index contributed by atoms with van der Waals surface area (Å²) in [7, 11) is 0. The lowest BCUT2D eigenvalue weighted by Crippen LogP contribution is -2.46. The van der Waals surface area contributed by atoms with Gasteiger partial charge in [-0.15, -0.1) is 0 Å². The highest BCUT2D eigenvalue weighted by Crippen LogP contribution is 2.42. The highest BCUT2D eigenvalue weighted by molar-refractivity contribution is 5.88. The second kappa shape index (κ2) is 10.8. The summed E-state index contributed by atoms with van der Waals surface area (Å²) in [6, 6.07) is 15.6. The Kier molecular flexibility index (Phi) is 7.78. The third-order valence-electron chi connectivity index (χ3n) is 6.75. The number of carbonyl (C=O) groups excluding carboxylic acids is 1. The molecule has 0 aliphatic carbocycles. The molecule has 178 valence electrons. The van der Waals surface area contributed by atoms with Gasteiger partial charge < -0.3 is 25.0 Å². The molecule has 7 heteroatoms. The highest BCUT2D eigenvalue weighted by atomic mass is 16.7. The van der Waals surface area contributed by atoms with Gasteiger partial charge in [-0.1, -0.05) is 43.3 Å². The summed E-state index contributed by atoms with van der Waals surface area (Å²) < 4.78 is 13.0. The van der Waals surface area contributed by atoms with Crippen molar-refractivity contribution in [2.75, 3.05) is 25.0 Å². The molecule has 2 aliphatic rings. The third-order valence-corrected chi connectivity index (χ3v) is 6.75. The average Bonchev–Trinajstić information content (AvgIpc) is 3.28. The molecule has 7 nitrogen and oxygen atoms in total. The average molecular weight is 455 g/mol. The molecular formula is C26H34N2O5. The maximum Gasteiger partial charge on any atom is 0.221 e. The lowest BCUT2D eigenvalue weighted by atomic mass is 9.90. The lowest BCUT2D eigenvalue weighted by Gasteiger charge is -2.43. The number of carbonyl (C=O) groups is 1. The van der Waals surface area contributed by atoms with Gasteiger partial charge in [-0.3, -0.25) is 9.69 Å². The van der Waals surface area contributed by atoms with Gasteiger partial charge in [-0.2, -0.15) is 0 Å². The molecule has 2 aromatic carbocycles. The van der Waals surface area contributed by atoms with E-state index < -0.39 is 6.29 Å². The van der Waals surface area contributed by atoms with Gasteiger partial charge in [0.15, 0.2) is 6.29 Å². The van der Waals surface area contributed by atoms with Crippen LogP contribution in [0.25, 0.3) is 0 Å². The molecule has 5 unspecified atom stereocenters. The minimum Gasteiger partial charge on any atom is -0.395 e. The molecule has 0 bridgehead atoms. The Bertz CT molecular complexity index is 917. The van der Waals surface area contributed by atoms with Crippen molar-refractivity contribution in [2.24, 2.45) is 5.92 Å². The SMILES string of the molecule is CC(=O)Nc1ccc(C2OC(CN3CCCC3CO)C(C)C(c3ccc(CO)cc3)O2)cc1. The molecule has 0 spiro atoms. The largest absolute Gasteiger partial charge is 0.395 e. The first-order chi connectivity index (χ1) is 16.0.